The first-order chi connectivity index (χ1) is 10.1. The molecule has 1 heterocycles. The number of nitrogens with one attached hydrogen (secondary N) is 2. The second kappa shape index (κ2) is 7.45. The monoisotopic (exact) mass is 294 g/mol. The van der Waals surface area contributed by atoms with E-state index in [1.165, 1.54) is 32.1 Å². The molecule has 1 aliphatic rings. The minimum Gasteiger partial charge on any atom is -0.396 e. The molecule has 0 bridgehead atoms. The molecule has 0 unspecified atom stereocenters. The molecule has 1 atom stereocenters. The third kappa shape index (κ3) is 4.46. The van der Waals surface area contributed by atoms with Crippen molar-refractivity contribution in [3.63, 3.8) is 0 Å². The Morgan fingerprint density at radius 2 is 2.19 bits per heavy atom. The fraction of sp³-hybridized carbons (Fsp3) is 0.733. The van der Waals surface area contributed by atoms with Gasteiger partial charge in [0.05, 0.1) is 5.69 Å². The minimum atomic E-state index is -0.255. The van der Waals surface area contributed by atoms with Crippen LogP contribution < -0.4 is 10.6 Å². The number of aliphatic hydroxyl groups excluding tert-OH is 1. The Morgan fingerprint density at radius 1 is 1.48 bits per heavy atom. The summed E-state index contributed by atoms with van der Waals surface area (Å²) in [6, 6.07) is 1.67. The minimum absolute atomic E-state index is 0.0546. The van der Waals surface area contributed by atoms with E-state index in [9.17, 15) is 4.79 Å². The van der Waals surface area contributed by atoms with Crippen molar-refractivity contribution < 1.29 is 9.90 Å². The van der Waals surface area contributed by atoms with E-state index in [4.69, 9.17) is 5.11 Å². The van der Waals surface area contributed by atoms with Crippen LogP contribution >= 0.6 is 0 Å². The lowest BCUT2D eigenvalue weighted by molar-refractivity contribution is 0.241. The molecule has 2 amide bonds. The lowest BCUT2D eigenvalue weighted by atomic mass is 9.87. The molecule has 1 aromatic rings. The molecule has 0 aromatic carbocycles. The molecular formula is C15H26N4O2. The van der Waals surface area contributed by atoms with E-state index in [-0.39, 0.29) is 18.7 Å². The van der Waals surface area contributed by atoms with Gasteiger partial charge in [-0.15, -0.1) is 0 Å². The number of hydrogen-bond donors (Lipinski definition) is 3. The highest BCUT2D eigenvalue weighted by molar-refractivity contribution is 5.88. The van der Waals surface area contributed by atoms with Crippen molar-refractivity contribution in [1.29, 1.82) is 0 Å². The molecule has 1 saturated carbocycles. The highest BCUT2D eigenvalue weighted by Gasteiger charge is 2.20. The molecule has 0 saturated heterocycles. The summed E-state index contributed by atoms with van der Waals surface area (Å²) in [5.41, 5.74) is 1.08. The Bertz CT molecular complexity index is 466. The number of hydrogen-bond acceptors (Lipinski definition) is 3. The maximum absolute atomic E-state index is 11.9. The number of urea groups is 1. The van der Waals surface area contributed by atoms with Gasteiger partial charge in [0.15, 0.2) is 0 Å². The average Bonchev–Trinajstić information content (AvgIpc) is 2.81. The van der Waals surface area contributed by atoms with Crippen LogP contribution in [0.15, 0.2) is 6.07 Å². The summed E-state index contributed by atoms with van der Waals surface area (Å²) in [6.07, 6.45) is 6.78. The second-order valence-electron chi connectivity index (χ2n) is 5.92. The van der Waals surface area contributed by atoms with E-state index in [0.717, 1.165) is 5.69 Å². The standard InChI is InChI=1S/C15H26N4O2/c1-11(8-9-20)16-15(21)17-14-10-13(18-19(14)2)12-6-4-3-5-7-12/h10-12,20H,3-9H2,1-2H3,(H2,16,17,21)/t11-/m1/s1. The third-order valence-corrected chi connectivity index (χ3v) is 4.10. The van der Waals surface area contributed by atoms with Gasteiger partial charge < -0.3 is 10.4 Å². The Kier molecular flexibility index (Phi) is 5.61. The summed E-state index contributed by atoms with van der Waals surface area (Å²) >= 11 is 0. The van der Waals surface area contributed by atoms with Crippen LogP contribution in [0.3, 0.4) is 0 Å². The van der Waals surface area contributed by atoms with Gasteiger partial charge in [-0.1, -0.05) is 19.3 Å². The van der Waals surface area contributed by atoms with Crippen LogP contribution in [0.25, 0.3) is 0 Å². The smallest absolute Gasteiger partial charge is 0.320 e. The van der Waals surface area contributed by atoms with E-state index >= 15 is 0 Å². The summed E-state index contributed by atoms with van der Waals surface area (Å²) in [5, 5.41) is 19.0. The normalized spacial score (nSPS) is 17.5. The van der Waals surface area contributed by atoms with Gasteiger partial charge in [-0.25, -0.2) is 4.79 Å². The molecule has 6 heteroatoms. The van der Waals surface area contributed by atoms with Crippen molar-refractivity contribution in [3.05, 3.63) is 11.8 Å². The van der Waals surface area contributed by atoms with Crippen molar-refractivity contribution in [2.75, 3.05) is 11.9 Å². The van der Waals surface area contributed by atoms with Gasteiger partial charge in [0.2, 0.25) is 0 Å². The second-order valence-corrected chi connectivity index (χ2v) is 5.92. The average molecular weight is 294 g/mol. The van der Waals surface area contributed by atoms with E-state index in [0.29, 0.717) is 18.2 Å². The molecule has 2 rings (SSSR count). The van der Waals surface area contributed by atoms with Gasteiger partial charge in [0, 0.05) is 31.7 Å². The maximum Gasteiger partial charge on any atom is 0.320 e. The molecule has 0 spiro atoms. The number of aromatic nitrogens is 2. The first-order valence-electron chi connectivity index (χ1n) is 7.82. The van der Waals surface area contributed by atoms with Crippen LogP contribution in [0.5, 0.6) is 0 Å². The highest BCUT2D eigenvalue weighted by Crippen LogP contribution is 2.32. The summed E-state index contributed by atoms with van der Waals surface area (Å²) < 4.78 is 1.72. The van der Waals surface area contributed by atoms with Gasteiger partial charge in [-0.05, 0) is 26.2 Å². The zero-order valence-corrected chi connectivity index (χ0v) is 12.9. The van der Waals surface area contributed by atoms with Gasteiger partial charge >= 0.3 is 6.03 Å². The zero-order chi connectivity index (χ0) is 15.2. The Hall–Kier alpha value is -1.56. The number of aryl methyl sites for hydroxylation is 1. The van der Waals surface area contributed by atoms with Crippen LogP contribution in [0.2, 0.25) is 0 Å². The quantitative estimate of drug-likeness (QED) is 0.780. The fourth-order valence-electron chi connectivity index (χ4n) is 2.85. The predicted molar refractivity (Wildman–Crippen MR) is 82.4 cm³/mol. The number of amides is 2. The zero-order valence-electron chi connectivity index (χ0n) is 12.9. The molecule has 0 aliphatic heterocycles. The number of anilines is 1. The molecule has 21 heavy (non-hydrogen) atoms. The first kappa shape index (κ1) is 15.8. The topological polar surface area (TPSA) is 79.2 Å². The van der Waals surface area contributed by atoms with Gasteiger partial charge in [0.1, 0.15) is 5.82 Å². The van der Waals surface area contributed by atoms with Crippen molar-refractivity contribution in [2.24, 2.45) is 7.05 Å². The molecular weight excluding hydrogens is 268 g/mol. The summed E-state index contributed by atoms with van der Waals surface area (Å²) in [7, 11) is 1.85. The Labute approximate surface area is 125 Å². The molecule has 1 fully saturated rings. The van der Waals surface area contributed by atoms with Crippen molar-refractivity contribution >= 4 is 11.8 Å². The van der Waals surface area contributed by atoms with Gasteiger partial charge in [-0.3, -0.25) is 10.00 Å². The number of rotatable bonds is 5. The van der Waals surface area contributed by atoms with Crippen LogP contribution in [0.4, 0.5) is 10.6 Å². The number of nitrogens with zero attached hydrogens (tertiary/aromatic N) is 2. The first-order valence-corrected chi connectivity index (χ1v) is 7.82. The number of aliphatic hydroxyl groups is 1. The molecule has 118 valence electrons. The highest BCUT2D eigenvalue weighted by atomic mass is 16.3. The molecule has 1 aromatic heterocycles. The summed E-state index contributed by atoms with van der Waals surface area (Å²) in [6.45, 7) is 1.94. The van der Waals surface area contributed by atoms with Crippen molar-refractivity contribution in [2.45, 2.75) is 57.4 Å². The van der Waals surface area contributed by atoms with Crippen molar-refractivity contribution in [3.8, 4) is 0 Å². The van der Waals surface area contributed by atoms with Crippen LogP contribution in [0, 0.1) is 0 Å². The number of carbonyl (C=O) groups excluding carboxylic acids is 1. The summed E-state index contributed by atoms with van der Waals surface area (Å²) in [5.74, 6) is 1.24. The Morgan fingerprint density at radius 3 is 2.86 bits per heavy atom. The van der Waals surface area contributed by atoms with E-state index in [1.54, 1.807) is 4.68 Å². The Balaban J connectivity index is 1.94. The molecule has 6 nitrogen and oxygen atoms in total. The van der Waals surface area contributed by atoms with Gasteiger partial charge in [-0.2, -0.15) is 5.10 Å². The van der Waals surface area contributed by atoms with Crippen LogP contribution in [-0.4, -0.2) is 33.6 Å². The van der Waals surface area contributed by atoms with Crippen LogP contribution in [-0.2, 0) is 7.05 Å². The van der Waals surface area contributed by atoms with Gasteiger partial charge in [0.25, 0.3) is 0 Å². The molecule has 0 radical (unpaired) electrons. The third-order valence-electron chi connectivity index (χ3n) is 4.10. The SMILES string of the molecule is C[C@H](CCO)NC(=O)Nc1cc(C2CCCCC2)nn1C. The number of carbonyl (C=O) groups is 1. The molecule has 3 N–H and O–H groups in total. The van der Waals surface area contributed by atoms with Crippen LogP contribution in [0.1, 0.15) is 57.1 Å². The van der Waals surface area contributed by atoms with E-state index < -0.39 is 0 Å². The lowest BCUT2D eigenvalue weighted by Gasteiger charge is -2.19. The fourth-order valence-corrected chi connectivity index (χ4v) is 2.85. The maximum atomic E-state index is 11.9. The lowest BCUT2D eigenvalue weighted by Crippen LogP contribution is -2.37. The predicted octanol–water partition coefficient (Wildman–Crippen LogP) is 2.36. The van der Waals surface area contributed by atoms with E-state index in [2.05, 4.69) is 15.7 Å². The summed E-state index contributed by atoms with van der Waals surface area (Å²) in [4.78, 5) is 11.9. The largest absolute Gasteiger partial charge is 0.396 e. The van der Waals surface area contributed by atoms with Crippen molar-refractivity contribution in [1.82, 2.24) is 15.1 Å². The van der Waals surface area contributed by atoms with E-state index in [1.807, 2.05) is 20.0 Å². The molecule has 1 aliphatic carbocycles.